The van der Waals surface area contributed by atoms with Crippen LogP contribution in [0.25, 0.3) is 0 Å². The lowest BCUT2D eigenvalue weighted by molar-refractivity contribution is 0.0807. The highest BCUT2D eigenvalue weighted by Gasteiger charge is 2.14. The zero-order valence-corrected chi connectivity index (χ0v) is 10.1. The quantitative estimate of drug-likeness (QED) is 0.752. The maximum Gasteiger partial charge on any atom is 0.263 e. The fraction of sp³-hybridized carbons (Fsp3) is 0.545. The molecule has 0 saturated carbocycles. The summed E-state index contributed by atoms with van der Waals surface area (Å²) in [6.07, 6.45) is 1.01. The van der Waals surface area contributed by atoms with Gasteiger partial charge in [0.1, 0.15) is 0 Å². The molecule has 3 heteroatoms. The first-order valence-electron chi connectivity index (χ1n) is 4.94. The molecule has 0 aromatic carbocycles. The van der Waals surface area contributed by atoms with Gasteiger partial charge in [-0.15, -0.1) is 11.3 Å². The van der Waals surface area contributed by atoms with Gasteiger partial charge in [0.05, 0.1) is 4.88 Å². The van der Waals surface area contributed by atoms with Gasteiger partial charge in [-0.25, -0.2) is 0 Å². The summed E-state index contributed by atoms with van der Waals surface area (Å²) in [5.41, 5.74) is 1.29. The van der Waals surface area contributed by atoms with Crippen molar-refractivity contribution in [1.82, 2.24) is 4.90 Å². The Morgan fingerprint density at radius 1 is 1.50 bits per heavy atom. The molecule has 0 aliphatic carbocycles. The number of hydrogen-bond donors (Lipinski definition) is 0. The van der Waals surface area contributed by atoms with Crippen molar-refractivity contribution >= 4 is 17.2 Å². The van der Waals surface area contributed by atoms with E-state index in [4.69, 9.17) is 0 Å². The number of nitrogens with zero attached hydrogens (tertiary/aromatic N) is 1. The molecule has 0 aliphatic heterocycles. The van der Waals surface area contributed by atoms with Gasteiger partial charge in [-0.05, 0) is 31.9 Å². The van der Waals surface area contributed by atoms with E-state index in [0.717, 1.165) is 17.8 Å². The minimum Gasteiger partial charge on any atom is -0.341 e. The number of carbonyl (C=O) groups excluding carboxylic acids is 1. The summed E-state index contributed by atoms with van der Waals surface area (Å²) in [4.78, 5) is 15.7. The number of hydrogen-bond acceptors (Lipinski definition) is 2. The Morgan fingerprint density at radius 2 is 2.14 bits per heavy atom. The lowest BCUT2D eigenvalue weighted by atomic mass is 10.2. The smallest absolute Gasteiger partial charge is 0.263 e. The van der Waals surface area contributed by atoms with Crippen LogP contribution < -0.4 is 0 Å². The van der Waals surface area contributed by atoms with Crippen molar-refractivity contribution in [2.45, 2.75) is 27.2 Å². The Hall–Kier alpha value is -0.830. The van der Waals surface area contributed by atoms with E-state index in [1.54, 1.807) is 16.2 Å². The molecular formula is C11H17NOS. The molecule has 0 N–H and O–H groups in total. The first kappa shape index (κ1) is 11.2. The fourth-order valence-corrected chi connectivity index (χ4v) is 2.42. The monoisotopic (exact) mass is 211 g/mol. The Balaban J connectivity index is 2.91. The SMILES string of the molecule is CCc1cc(C(=O)N(C)CC)sc1C. The van der Waals surface area contributed by atoms with Crippen molar-refractivity contribution in [3.05, 3.63) is 21.4 Å². The standard InChI is InChI=1S/C11H17NOS/c1-5-9-7-10(14-8(9)3)11(13)12(4)6-2/h7H,5-6H2,1-4H3. The lowest BCUT2D eigenvalue weighted by Crippen LogP contribution is -2.25. The van der Waals surface area contributed by atoms with Crippen molar-refractivity contribution in [2.75, 3.05) is 13.6 Å². The summed E-state index contributed by atoms with van der Waals surface area (Å²) < 4.78 is 0. The van der Waals surface area contributed by atoms with Crippen molar-refractivity contribution in [1.29, 1.82) is 0 Å². The number of amides is 1. The van der Waals surface area contributed by atoms with Crippen LogP contribution in [0.5, 0.6) is 0 Å². The first-order chi connectivity index (χ1) is 6.60. The Labute approximate surface area is 89.5 Å². The molecule has 14 heavy (non-hydrogen) atoms. The van der Waals surface area contributed by atoms with E-state index in [1.165, 1.54) is 10.4 Å². The summed E-state index contributed by atoms with van der Waals surface area (Å²) in [5.74, 6) is 0.139. The van der Waals surface area contributed by atoms with Crippen LogP contribution in [0.4, 0.5) is 0 Å². The second-order valence-corrected chi connectivity index (χ2v) is 4.62. The van der Waals surface area contributed by atoms with E-state index < -0.39 is 0 Å². The normalized spacial score (nSPS) is 10.3. The van der Waals surface area contributed by atoms with Crippen LogP contribution in [0.2, 0.25) is 0 Å². The number of aryl methyl sites for hydroxylation is 2. The summed E-state index contributed by atoms with van der Waals surface area (Å²) in [5, 5.41) is 0. The Kier molecular flexibility index (Phi) is 3.69. The predicted octanol–water partition coefficient (Wildman–Crippen LogP) is 2.71. The topological polar surface area (TPSA) is 20.3 Å². The molecule has 1 amide bonds. The highest BCUT2D eigenvalue weighted by Crippen LogP contribution is 2.22. The molecule has 0 bridgehead atoms. The number of rotatable bonds is 3. The molecule has 2 nitrogen and oxygen atoms in total. The molecule has 0 atom stereocenters. The molecule has 0 unspecified atom stereocenters. The third-order valence-corrected chi connectivity index (χ3v) is 3.51. The van der Waals surface area contributed by atoms with Gasteiger partial charge < -0.3 is 4.90 Å². The van der Waals surface area contributed by atoms with Crippen LogP contribution in [0.15, 0.2) is 6.07 Å². The number of carbonyl (C=O) groups is 1. The number of thiophene rings is 1. The maximum absolute atomic E-state index is 11.8. The summed E-state index contributed by atoms with van der Waals surface area (Å²) in [6, 6.07) is 2.02. The second-order valence-electron chi connectivity index (χ2n) is 3.36. The first-order valence-corrected chi connectivity index (χ1v) is 5.76. The highest BCUT2D eigenvalue weighted by molar-refractivity contribution is 7.14. The highest BCUT2D eigenvalue weighted by atomic mass is 32.1. The third-order valence-electron chi connectivity index (χ3n) is 2.43. The molecular weight excluding hydrogens is 194 g/mol. The molecule has 78 valence electrons. The van der Waals surface area contributed by atoms with Crippen LogP contribution in [-0.4, -0.2) is 24.4 Å². The third kappa shape index (κ3) is 2.15. The molecule has 0 radical (unpaired) electrons. The van der Waals surface area contributed by atoms with Crippen molar-refractivity contribution < 1.29 is 4.79 Å². The summed E-state index contributed by atoms with van der Waals surface area (Å²) in [7, 11) is 1.84. The van der Waals surface area contributed by atoms with Crippen molar-refractivity contribution in [3.8, 4) is 0 Å². The molecule has 1 aromatic heterocycles. The van der Waals surface area contributed by atoms with Gasteiger partial charge >= 0.3 is 0 Å². The van der Waals surface area contributed by atoms with E-state index in [0.29, 0.717) is 0 Å². The lowest BCUT2D eigenvalue weighted by Gasteiger charge is -2.12. The van der Waals surface area contributed by atoms with Crippen LogP contribution in [0, 0.1) is 6.92 Å². The largest absolute Gasteiger partial charge is 0.341 e. The minimum absolute atomic E-state index is 0.139. The van der Waals surface area contributed by atoms with Crippen molar-refractivity contribution in [3.63, 3.8) is 0 Å². The average molecular weight is 211 g/mol. The summed E-state index contributed by atoms with van der Waals surface area (Å²) in [6.45, 7) is 6.94. The zero-order valence-electron chi connectivity index (χ0n) is 9.26. The van der Waals surface area contributed by atoms with Gasteiger partial charge in [-0.2, -0.15) is 0 Å². The van der Waals surface area contributed by atoms with Gasteiger partial charge in [0.2, 0.25) is 0 Å². The van der Waals surface area contributed by atoms with Crippen LogP contribution in [-0.2, 0) is 6.42 Å². The van der Waals surface area contributed by atoms with Gasteiger partial charge in [0.15, 0.2) is 0 Å². The second kappa shape index (κ2) is 4.60. The van der Waals surface area contributed by atoms with Crippen molar-refractivity contribution in [2.24, 2.45) is 0 Å². The maximum atomic E-state index is 11.8. The van der Waals surface area contributed by atoms with Crippen LogP contribution in [0.1, 0.15) is 34.0 Å². The summed E-state index contributed by atoms with van der Waals surface area (Å²) >= 11 is 1.60. The van der Waals surface area contributed by atoms with Gasteiger partial charge in [-0.3, -0.25) is 4.79 Å². The zero-order chi connectivity index (χ0) is 10.7. The van der Waals surface area contributed by atoms with Gasteiger partial charge in [-0.1, -0.05) is 6.92 Å². The molecule has 1 aromatic rings. The van der Waals surface area contributed by atoms with Crippen LogP contribution >= 0.6 is 11.3 Å². The minimum atomic E-state index is 0.139. The Morgan fingerprint density at radius 3 is 2.57 bits per heavy atom. The Bertz CT molecular complexity index is 330. The van der Waals surface area contributed by atoms with E-state index in [2.05, 4.69) is 13.8 Å². The fourth-order valence-electron chi connectivity index (χ4n) is 1.31. The molecule has 0 saturated heterocycles. The van der Waals surface area contributed by atoms with Gasteiger partial charge in [0.25, 0.3) is 5.91 Å². The molecule has 0 aliphatic rings. The van der Waals surface area contributed by atoms with E-state index in [9.17, 15) is 4.79 Å². The molecule has 1 heterocycles. The predicted molar refractivity (Wildman–Crippen MR) is 61.1 cm³/mol. The van der Waals surface area contributed by atoms with Crippen LogP contribution in [0.3, 0.4) is 0 Å². The van der Waals surface area contributed by atoms with E-state index >= 15 is 0 Å². The molecule has 0 fully saturated rings. The molecule has 1 rings (SSSR count). The van der Waals surface area contributed by atoms with E-state index in [-0.39, 0.29) is 5.91 Å². The average Bonchev–Trinajstić information content (AvgIpc) is 2.57. The van der Waals surface area contributed by atoms with Gasteiger partial charge in [0, 0.05) is 18.5 Å². The van der Waals surface area contributed by atoms with E-state index in [1.807, 2.05) is 20.0 Å². The molecule has 0 spiro atoms.